The maximum Gasteiger partial charge on any atom is 0.304 e. The molecule has 1 unspecified atom stereocenters. The Kier molecular flexibility index (Phi) is 4.81. The number of carboxylic acids is 1. The van der Waals surface area contributed by atoms with Gasteiger partial charge in [-0.1, -0.05) is 32.9 Å². The summed E-state index contributed by atoms with van der Waals surface area (Å²) in [6.07, 6.45) is 0.149. The molecule has 1 aliphatic heterocycles. The van der Waals surface area contributed by atoms with Gasteiger partial charge in [0.25, 0.3) is 0 Å². The van der Waals surface area contributed by atoms with Crippen molar-refractivity contribution >= 4 is 20.2 Å². The minimum atomic E-state index is -1.91. The van der Waals surface area contributed by atoms with Crippen molar-refractivity contribution in [3.63, 3.8) is 0 Å². The van der Waals surface area contributed by atoms with Crippen molar-refractivity contribution in [1.29, 1.82) is 0 Å². The van der Waals surface area contributed by atoms with E-state index in [4.69, 9.17) is 4.43 Å². The van der Waals surface area contributed by atoms with Crippen LogP contribution in [0.5, 0.6) is 5.75 Å². The van der Waals surface area contributed by atoms with Crippen LogP contribution in [-0.4, -0.2) is 31.8 Å². The lowest BCUT2D eigenvalue weighted by Gasteiger charge is -2.36. The number of carboxylic acid groups (broad SMARTS) is 1. The van der Waals surface area contributed by atoms with Gasteiger partial charge in [0.05, 0.1) is 6.42 Å². The van der Waals surface area contributed by atoms with Crippen LogP contribution in [0.3, 0.4) is 0 Å². The Morgan fingerprint density at radius 3 is 2.29 bits per heavy atom. The first-order valence-corrected chi connectivity index (χ1v) is 11.1. The fourth-order valence-corrected chi connectivity index (χ4v) is 3.78. The molecule has 6 heteroatoms. The van der Waals surface area contributed by atoms with Crippen LogP contribution < -0.4 is 9.74 Å². The minimum Gasteiger partial charge on any atom is -0.544 e. The second kappa shape index (κ2) is 6.24. The summed E-state index contributed by atoms with van der Waals surface area (Å²) in [6.45, 7) is 11.3. The molecule has 1 amide bonds. The number of hydrogen-bond acceptors (Lipinski definition) is 3. The third-order valence-corrected chi connectivity index (χ3v) is 9.62. The molecule has 0 aromatic heterocycles. The van der Waals surface area contributed by atoms with Crippen molar-refractivity contribution in [2.75, 3.05) is 6.54 Å². The average molecular weight is 350 g/mol. The molecule has 0 radical (unpaired) electrons. The van der Waals surface area contributed by atoms with E-state index < -0.39 is 19.7 Å². The van der Waals surface area contributed by atoms with E-state index >= 15 is 0 Å². The number of aliphatic carboxylic acids is 1. The van der Waals surface area contributed by atoms with E-state index in [1.807, 2.05) is 24.3 Å². The average Bonchev–Trinajstić information content (AvgIpc) is 2.79. The highest BCUT2D eigenvalue weighted by atomic mass is 28.4. The van der Waals surface area contributed by atoms with Gasteiger partial charge >= 0.3 is 5.97 Å². The number of amides is 1. The highest BCUT2D eigenvalue weighted by Gasteiger charge is 2.42. The number of carbonyl (C=O) groups excluding carboxylic acids is 1. The van der Waals surface area contributed by atoms with Gasteiger partial charge in [0.1, 0.15) is 5.75 Å². The van der Waals surface area contributed by atoms with Gasteiger partial charge in [0.2, 0.25) is 14.2 Å². The van der Waals surface area contributed by atoms with Gasteiger partial charge in [-0.05, 0) is 35.8 Å². The number of nitrogens with one attached hydrogen (secondary N) is 1. The quantitative estimate of drug-likeness (QED) is 0.800. The predicted octanol–water partition coefficient (Wildman–Crippen LogP) is 3.30. The SMILES string of the molecule is CC(C)(C)[Si](C)(C)Oc1ccc(C2(CC(=O)O)CNC(=O)C2)cc1. The number of hydrogen-bond donors (Lipinski definition) is 2. The Balaban J connectivity index is 2.24. The van der Waals surface area contributed by atoms with E-state index in [1.54, 1.807) is 0 Å². The smallest absolute Gasteiger partial charge is 0.304 e. The van der Waals surface area contributed by atoms with E-state index in [1.165, 1.54) is 0 Å². The van der Waals surface area contributed by atoms with Crippen LogP contribution in [0.25, 0.3) is 0 Å². The van der Waals surface area contributed by atoms with E-state index in [2.05, 4.69) is 39.2 Å². The van der Waals surface area contributed by atoms with E-state index in [-0.39, 0.29) is 23.8 Å². The predicted molar refractivity (Wildman–Crippen MR) is 95.8 cm³/mol. The molecule has 1 atom stereocenters. The zero-order valence-electron chi connectivity index (χ0n) is 15.1. The summed E-state index contributed by atoms with van der Waals surface area (Å²) in [5, 5.41) is 12.1. The van der Waals surface area contributed by atoms with Crippen LogP contribution in [0.15, 0.2) is 24.3 Å². The molecule has 1 fully saturated rings. The van der Waals surface area contributed by atoms with Crippen LogP contribution in [0.4, 0.5) is 0 Å². The Hall–Kier alpha value is -1.82. The van der Waals surface area contributed by atoms with Crippen molar-refractivity contribution < 1.29 is 19.1 Å². The van der Waals surface area contributed by atoms with Gasteiger partial charge in [-0.2, -0.15) is 0 Å². The minimum absolute atomic E-state index is 0.0613. The molecule has 1 saturated heterocycles. The molecule has 0 spiro atoms. The monoisotopic (exact) mass is 349 g/mol. The van der Waals surface area contributed by atoms with Crippen LogP contribution in [0.2, 0.25) is 18.1 Å². The molecule has 0 saturated carbocycles. The van der Waals surface area contributed by atoms with Crippen LogP contribution in [-0.2, 0) is 15.0 Å². The maximum absolute atomic E-state index is 11.7. The molecule has 1 aliphatic rings. The summed E-state index contributed by atoms with van der Waals surface area (Å²) >= 11 is 0. The maximum atomic E-state index is 11.7. The van der Waals surface area contributed by atoms with Gasteiger partial charge in [-0.25, -0.2) is 0 Å². The molecule has 5 nitrogen and oxygen atoms in total. The molecule has 1 heterocycles. The van der Waals surface area contributed by atoms with Crippen LogP contribution in [0.1, 0.15) is 39.2 Å². The molecule has 0 bridgehead atoms. The molecular weight excluding hydrogens is 322 g/mol. The molecule has 1 aromatic carbocycles. The summed E-state index contributed by atoms with van der Waals surface area (Å²) in [6, 6.07) is 7.57. The lowest BCUT2D eigenvalue weighted by atomic mass is 9.77. The Morgan fingerprint density at radius 1 is 1.29 bits per heavy atom. The topological polar surface area (TPSA) is 75.6 Å². The van der Waals surface area contributed by atoms with Crippen LogP contribution >= 0.6 is 0 Å². The van der Waals surface area contributed by atoms with Gasteiger partial charge in [-0.3, -0.25) is 9.59 Å². The lowest BCUT2D eigenvalue weighted by Crippen LogP contribution is -2.43. The summed E-state index contributed by atoms with van der Waals surface area (Å²) in [5.41, 5.74) is 0.198. The molecule has 2 rings (SSSR count). The first kappa shape index (κ1) is 18.5. The summed E-state index contributed by atoms with van der Waals surface area (Å²) < 4.78 is 6.26. The Morgan fingerprint density at radius 2 is 1.88 bits per heavy atom. The Bertz CT molecular complexity index is 633. The van der Waals surface area contributed by atoms with Crippen molar-refractivity contribution in [3.8, 4) is 5.75 Å². The van der Waals surface area contributed by atoms with E-state index in [9.17, 15) is 14.7 Å². The van der Waals surface area contributed by atoms with Crippen molar-refractivity contribution in [2.24, 2.45) is 0 Å². The zero-order valence-corrected chi connectivity index (χ0v) is 16.1. The van der Waals surface area contributed by atoms with Gasteiger partial charge in [0.15, 0.2) is 0 Å². The van der Waals surface area contributed by atoms with Crippen molar-refractivity contribution in [3.05, 3.63) is 29.8 Å². The fraction of sp³-hybridized carbons (Fsp3) is 0.556. The second-order valence-electron chi connectivity index (χ2n) is 8.19. The Labute approximate surface area is 144 Å². The number of benzene rings is 1. The summed E-state index contributed by atoms with van der Waals surface area (Å²) in [4.78, 5) is 22.9. The van der Waals surface area contributed by atoms with E-state index in [0.717, 1.165) is 11.3 Å². The third-order valence-electron chi connectivity index (χ3n) is 5.26. The fourth-order valence-electron chi connectivity index (χ4n) is 2.75. The molecular formula is C18H27NO4Si. The highest BCUT2D eigenvalue weighted by Crippen LogP contribution is 2.39. The standard InChI is InChI=1S/C18H27NO4Si/c1-17(2,3)24(4,5)23-14-8-6-13(7-9-14)18(11-16(21)22)10-15(20)19-12-18/h6-9H,10-12H2,1-5H3,(H,19,20)(H,21,22). The summed E-state index contributed by atoms with van der Waals surface area (Å²) in [5.74, 6) is -0.195. The molecule has 132 valence electrons. The zero-order chi connectivity index (χ0) is 18.2. The summed E-state index contributed by atoms with van der Waals surface area (Å²) in [7, 11) is -1.91. The van der Waals surface area contributed by atoms with E-state index in [0.29, 0.717) is 6.54 Å². The van der Waals surface area contributed by atoms with Crippen LogP contribution in [0, 0.1) is 0 Å². The van der Waals surface area contributed by atoms with Gasteiger partial charge in [0, 0.05) is 18.4 Å². The van der Waals surface area contributed by atoms with Crippen molar-refractivity contribution in [1.82, 2.24) is 5.32 Å². The number of rotatable bonds is 5. The second-order valence-corrected chi connectivity index (χ2v) is 12.9. The highest BCUT2D eigenvalue weighted by molar-refractivity contribution is 6.74. The molecule has 2 N–H and O–H groups in total. The lowest BCUT2D eigenvalue weighted by molar-refractivity contribution is -0.138. The number of carbonyl (C=O) groups is 2. The van der Waals surface area contributed by atoms with Crippen molar-refractivity contribution in [2.45, 2.75) is 57.2 Å². The first-order valence-electron chi connectivity index (χ1n) is 8.23. The molecule has 1 aromatic rings. The molecule has 24 heavy (non-hydrogen) atoms. The normalized spacial score (nSPS) is 21.5. The third kappa shape index (κ3) is 3.80. The largest absolute Gasteiger partial charge is 0.544 e. The van der Waals surface area contributed by atoms with Gasteiger partial charge < -0.3 is 14.8 Å². The first-order chi connectivity index (χ1) is 11.0. The molecule has 0 aliphatic carbocycles. The van der Waals surface area contributed by atoms with Gasteiger partial charge in [-0.15, -0.1) is 0 Å².